The third-order valence-electron chi connectivity index (χ3n) is 4.25. The Hall–Kier alpha value is -2.32. The first-order valence-electron chi connectivity index (χ1n) is 7.27. The highest BCUT2D eigenvalue weighted by atomic mass is 19.4. The topological polar surface area (TPSA) is 79.8 Å². The van der Waals surface area contributed by atoms with E-state index in [1.165, 1.54) is 4.57 Å². The van der Waals surface area contributed by atoms with E-state index in [4.69, 9.17) is 0 Å². The second kappa shape index (κ2) is 5.71. The Morgan fingerprint density at radius 1 is 1.30 bits per heavy atom. The predicted molar refractivity (Wildman–Crippen MR) is 75.8 cm³/mol. The maximum atomic E-state index is 12.7. The van der Waals surface area contributed by atoms with Crippen molar-refractivity contribution in [2.75, 3.05) is 0 Å². The molecular weight excluding hydrogens is 313 g/mol. The van der Waals surface area contributed by atoms with Crippen molar-refractivity contribution in [3.05, 3.63) is 28.3 Å². The van der Waals surface area contributed by atoms with Crippen molar-refractivity contribution < 1.29 is 18.0 Å². The van der Waals surface area contributed by atoms with Crippen LogP contribution in [0.25, 0.3) is 11.2 Å². The highest BCUT2D eigenvalue weighted by molar-refractivity contribution is 5.71. The molecular formula is C14H15F3N4O2. The summed E-state index contributed by atoms with van der Waals surface area (Å²) < 4.78 is 39.6. The highest BCUT2D eigenvalue weighted by Crippen LogP contribution is 2.32. The van der Waals surface area contributed by atoms with Gasteiger partial charge in [-0.15, -0.1) is 0 Å². The summed E-state index contributed by atoms with van der Waals surface area (Å²) in [5.74, 6) is 0. The molecule has 9 heteroatoms. The molecule has 1 aliphatic carbocycles. The molecule has 2 aromatic heterocycles. The third kappa shape index (κ3) is 2.95. The maximum absolute atomic E-state index is 12.7. The van der Waals surface area contributed by atoms with Crippen LogP contribution < -0.4 is 11.0 Å². The molecule has 23 heavy (non-hydrogen) atoms. The van der Waals surface area contributed by atoms with E-state index < -0.39 is 17.4 Å². The van der Waals surface area contributed by atoms with Gasteiger partial charge in [0, 0.05) is 18.3 Å². The monoisotopic (exact) mass is 328 g/mol. The van der Waals surface area contributed by atoms with E-state index in [-0.39, 0.29) is 23.2 Å². The first-order chi connectivity index (χ1) is 10.9. The first-order valence-corrected chi connectivity index (χ1v) is 7.27. The molecule has 1 aliphatic rings. The molecule has 2 heterocycles. The van der Waals surface area contributed by atoms with Gasteiger partial charge in [0.15, 0.2) is 5.65 Å². The van der Waals surface area contributed by atoms with E-state index in [9.17, 15) is 22.8 Å². The fourth-order valence-electron chi connectivity index (χ4n) is 3.10. The summed E-state index contributed by atoms with van der Waals surface area (Å²) in [6.07, 6.45) is -0.373. The van der Waals surface area contributed by atoms with E-state index >= 15 is 0 Å². The van der Waals surface area contributed by atoms with Crippen LogP contribution >= 0.6 is 0 Å². The number of rotatable bonds is 3. The van der Waals surface area contributed by atoms with Crippen molar-refractivity contribution in [3.63, 3.8) is 0 Å². The minimum Gasteiger partial charge on any atom is -0.356 e. The standard InChI is InChI=1S/C14H15F3N4O2/c15-14(16,17)8-5-11-12(18-6-8)21(13(23)20-11)10-3-1-9(2-4-10)19-7-22/h5-7,9-10H,1-4H2,(H,19,22)(H,20,23). The van der Waals surface area contributed by atoms with Crippen LogP contribution in [0.3, 0.4) is 0 Å². The molecule has 1 amide bonds. The zero-order chi connectivity index (χ0) is 16.6. The van der Waals surface area contributed by atoms with Crippen LogP contribution in [0.15, 0.2) is 17.1 Å². The Bertz CT molecular complexity index is 772. The summed E-state index contributed by atoms with van der Waals surface area (Å²) in [5, 5.41) is 2.71. The Labute approximate surface area is 128 Å². The smallest absolute Gasteiger partial charge is 0.356 e. The van der Waals surface area contributed by atoms with Crippen molar-refractivity contribution >= 4 is 17.6 Å². The molecule has 1 fully saturated rings. The minimum atomic E-state index is -4.50. The number of hydrogen-bond acceptors (Lipinski definition) is 3. The molecule has 2 N–H and O–H groups in total. The molecule has 0 bridgehead atoms. The number of hydrogen-bond donors (Lipinski definition) is 2. The number of alkyl halides is 3. The number of H-pyrrole nitrogens is 1. The molecule has 1 saturated carbocycles. The molecule has 124 valence electrons. The van der Waals surface area contributed by atoms with Gasteiger partial charge in [-0.2, -0.15) is 13.2 Å². The van der Waals surface area contributed by atoms with Crippen LogP contribution in [-0.4, -0.2) is 27.0 Å². The Kier molecular flexibility index (Phi) is 3.87. The lowest BCUT2D eigenvalue weighted by Crippen LogP contribution is -2.34. The van der Waals surface area contributed by atoms with Crippen molar-refractivity contribution in [2.45, 2.75) is 43.9 Å². The maximum Gasteiger partial charge on any atom is 0.417 e. The Morgan fingerprint density at radius 3 is 2.61 bits per heavy atom. The fraction of sp³-hybridized carbons (Fsp3) is 0.500. The third-order valence-corrected chi connectivity index (χ3v) is 4.25. The molecule has 0 aliphatic heterocycles. The van der Waals surface area contributed by atoms with Gasteiger partial charge in [-0.3, -0.25) is 9.36 Å². The Morgan fingerprint density at radius 2 is 2.00 bits per heavy atom. The van der Waals surface area contributed by atoms with E-state index in [1.807, 2.05) is 0 Å². The number of pyridine rings is 1. The van der Waals surface area contributed by atoms with Gasteiger partial charge in [-0.25, -0.2) is 9.78 Å². The molecule has 0 spiro atoms. The normalized spacial score (nSPS) is 22.2. The average molecular weight is 328 g/mol. The molecule has 0 aromatic carbocycles. The van der Waals surface area contributed by atoms with Crippen molar-refractivity contribution in [2.24, 2.45) is 0 Å². The van der Waals surface area contributed by atoms with Gasteiger partial charge in [-0.1, -0.05) is 0 Å². The van der Waals surface area contributed by atoms with Crippen LogP contribution in [-0.2, 0) is 11.0 Å². The van der Waals surface area contributed by atoms with Crippen molar-refractivity contribution in [3.8, 4) is 0 Å². The molecule has 0 unspecified atom stereocenters. The number of aromatic amines is 1. The fourth-order valence-corrected chi connectivity index (χ4v) is 3.10. The van der Waals surface area contributed by atoms with E-state index in [0.717, 1.165) is 12.3 Å². The number of carbonyl (C=O) groups excluding carboxylic acids is 1. The second-order valence-corrected chi connectivity index (χ2v) is 5.68. The van der Waals surface area contributed by atoms with Gasteiger partial charge in [-0.05, 0) is 31.7 Å². The van der Waals surface area contributed by atoms with Gasteiger partial charge < -0.3 is 10.3 Å². The van der Waals surface area contributed by atoms with Gasteiger partial charge in [0.1, 0.15) is 0 Å². The molecule has 0 atom stereocenters. The molecule has 3 rings (SSSR count). The van der Waals surface area contributed by atoms with Crippen LogP contribution in [0.5, 0.6) is 0 Å². The van der Waals surface area contributed by atoms with Crippen molar-refractivity contribution in [1.29, 1.82) is 0 Å². The molecule has 6 nitrogen and oxygen atoms in total. The summed E-state index contributed by atoms with van der Waals surface area (Å²) in [6.45, 7) is 0. The average Bonchev–Trinajstić information content (AvgIpc) is 2.82. The van der Waals surface area contributed by atoms with Crippen LogP contribution in [0.4, 0.5) is 13.2 Å². The van der Waals surface area contributed by atoms with Gasteiger partial charge in [0.2, 0.25) is 6.41 Å². The lowest BCUT2D eigenvalue weighted by atomic mass is 9.91. The summed E-state index contributed by atoms with van der Waals surface area (Å²) in [5.41, 5.74) is -1.04. The van der Waals surface area contributed by atoms with Crippen LogP contribution in [0, 0.1) is 0 Å². The SMILES string of the molecule is O=CNC1CCC(n2c(=O)[nH]c3cc(C(F)(F)F)cnc32)CC1. The van der Waals surface area contributed by atoms with Gasteiger partial charge in [0.05, 0.1) is 11.1 Å². The molecule has 0 saturated heterocycles. The van der Waals surface area contributed by atoms with Gasteiger partial charge in [0.25, 0.3) is 0 Å². The lowest BCUT2D eigenvalue weighted by Gasteiger charge is -2.28. The number of imidazole rings is 1. The minimum absolute atomic E-state index is 0.0782. The first kappa shape index (κ1) is 15.6. The zero-order valence-electron chi connectivity index (χ0n) is 12.1. The summed E-state index contributed by atoms with van der Waals surface area (Å²) >= 11 is 0. The lowest BCUT2D eigenvalue weighted by molar-refractivity contribution is -0.137. The second-order valence-electron chi connectivity index (χ2n) is 5.68. The van der Waals surface area contributed by atoms with E-state index in [2.05, 4.69) is 15.3 Å². The number of amides is 1. The van der Waals surface area contributed by atoms with Gasteiger partial charge >= 0.3 is 11.9 Å². The summed E-state index contributed by atoms with van der Waals surface area (Å²) in [4.78, 5) is 28.9. The number of nitrogens with zero attached hydrogens (tertiary/aromatic N) is 2. The number of halogens is 3. The molecule has 0 radical (unpaired) electrons. The predicted octanol–water partition coefficient (Wildman–Crippen LogP) is 1.97. The van der Waals surface area contributed by atoms with Crippen LogP contribution in [0.1, 0.15) is 37.3 Å². The zero-order valence-corrected chi connectivity index (χ0v) is 12.1. The largest absolute Gasteiger partial charge is 0.417 e. The summed E-state index contributed by atoms with van der Waals surface area (Å²) in [7, 11) is 0. The highest BCUT2D eigenvalue weighted by Gasteiger charge is 2.32. The Balaban J connectivity index is 1.92. The number of nitrogens with one attached hydrogen (secondary N) is 2. The van der Waals surface area contributed by atoms with Crippen molar-refractivity contribution in [1.82, 2.24) is 19.9 Å². The molecule has 2 aromatic rings. The van der Waals surface area contributed by atoms with Crippen LogP contribution in [0.2, 0.25) is 0 Å². The number of fused-ring (bicyclic) bond motifs is 1. The number of aromatic nitrogens is 3. The summed E-state index contributed by atoms with van der Waals surface area (Å²) in [6, 6.07) is 0.847. The van der Waals surface area contributed by atoms with E-state index in [1.54, 1.807) is 0 Å². The number of carbonyl (C=O) groups is 1. The quantitative estimate of drug-likeness (QED) is 0.846. The van der Waals surface area contributed by atoms with E-state index in [0.29, 0.717) is 32.1 Å².